The minimum Gasteiger partial charge on any atom is -0.488 e. The van der Waals surface area contributed by atoms with Crippen molar-refractivity contribution in [3.8, 4) is 11.5 Å². The first kappa shape index (κ1) is 16.9. The Kier molecular flexibility index (Phi) is 5.91. The lowest BCUT2D eigenvalue weighted by Gasteiger charge is -2.30. The van der Waals surface area contributed by atoms with E-state index in [1.807, 2.05) is 24.3 Å². The van der Waals surface area contributed by atoms with Crippen LogP contribution in [0.1, 0.15) is 67.2 Å². The Morgan fingerprint density at radius 3 is 1.10 bits per heavy atom. The number of hydrogen-bond donors (Lipinski definition) is 0. The molecule has 0 saturated heterocycles. The molecule has 0 atom stereocenters. The van der Waals surface area contributed by atoms with Gasteiger partial charge in [-0.25, -0.2) is 0 Å². The van der Waals surface area contributed by atoms with E-state index in [2.05, 4.69) is 41.5 Å². The monoisotopic (exact) mass is 278 g/mol. The van der Waals surface area contributed by atoms with Crippen LogP contribution in [0.3, 0.4) is 0 Å². The van der Waals surface area contributed by atoms with Crippen molar-refractivity contribution in [2.24, 2.45) is 0 Å². The van der Waals surface area contributed by atoms with Gasteiger partial charge in [0, 0.05) is 0 Å². The van der Waals surface area contributed by atoms with E-state index < -0.39 is 0 Å². The third-order valence-corrected chi connectivity index (χ3v) is 4.54. The lowest BCUT2D eigenvalue weighted by Crippen LogP contribution is -2.31. The Balaban J connectivity index is 2.74. The molecule has 20 heavy (non-hydrogen) atoms. The molecule has 0 saturated carbocycles. The van der Waals surface area contributed by atoms with Crippen LogP contribution in [-0.4, -0.2) is 11.2 Å². The molecule has 1 aromatic rings. The van der Waals surface area contributed by atoms with Gasteiger partial charge in [0.25, 0.3) is 0 Å². The third-order valence-electron chi connectivity index (χ3n) is 4.54. The van der Waals surface area contributed by atoms with E-state index >= 15 is 0 Å². The van der Waals surface area contributed by atoms with E-state index in [0.717, 1.165) is 37.2 Å². The van der Waals surface area contributed by atoms with E-state index in [4.69, 9.17) is 9.47 Å². The van der Waals surface area contributed by atoms with E-state index in [1.165, 1.54) is 0 Å². The number of rotatable bonds is 8. The lowest BCUT2D eigenvalue weighted by molar-refractivity contribution is 0.0757. The van der Waals surface area contributed by atoms with Crippen LogP contribution in [0.15, 0.2) is 24.3 Å². The molecule has 0 aliphatic heterocycles. The van der Waals surface area contributed by atoms with Gasteiger partial charge in [0.05, 0.1) is 0 Å². The first-order chi connectivity index (χ1) is 9.40. The Morgan fingerprint density at radius 1 is 0.650 bits per heavy atom. The zero-order valence-corrected chi connectivity index (χ0v) is 14.0. The molecule has 0 heterocycles. The Hall–Kier alpha value is -1.18. The Morgan fingerprint density at radius 2 is 0.900 bits per heavy atom. The molecule has 0 aliphatic rings. The molecule has 0 aromatic heterocycles. The second-order valence-corrected chi connectivity index (χ2v) is 5.99. The summed E-state index contributed by atoms with van der Waals surface area (Å²) in [6.07, 6.45) is 4.02. The van der Waals surface area contributed by atoms with Crippen LogP contribution < -0.4 is 9.47 Å². The molecule has 0 aliphatic carbocycles. The van der Waals surface area contributed by atoms with Gasteiger partial charge in [0.2, 0.25) is 0 Å². The van der Waals surface area contributed by atoms with Gasteiger partial charge in [-0.15, -0.1) is 0 Å². The fraction of sp³-hybridized carbons (Fsp3) is 0.667. The second-order valence-electron chi connectivity index (χ2n) is 5.99. The number of benzene rings is 1. The topological polar surface area (TPSA) is 18.5 Å². The minimum absolute atomic E-state index is 0.0796. The van der Waals surface area contributed by atoms with Crippen molar-refractivity contribution in [3.63, 3.8) is 0 Å². The molecule has 1 rings (SSSR count). The molecule has 0 N–H and O–H groups in total. The summed E-state index contributed by atoms with van der Waals surface area (Å²) in [5.41, 5.74) is -0.159. The van der Waals surface area contributed by atoms with Crippen molar-refractivity contribution in [2.45, 2.75) is 78.4 Å². The predicted octanol–water partition coefficient (Wildman–Crippen LogP) is 5.60. The van der Waals surface area contributed by atoms with Gasteiger partial charge in [0.1, 0.15) is 22.7 Å². The highest BCUT2D eigenvalue weighted by atomic mass is 16.5. The summed E-state index contributed by atoms with van der Waals surface area (Å²) in [5.74, 6) is 1.83. The van der Waals surface area contributed by atoms with E-state index in [1.54, 1.807) is 0 Å². The quantitative estimate of drug-likeness (QED) is 0.616. The smallest absolute Gasteiger partial charge is 0.120 e. The third kappa shape index (κ3) is 4.43. The molecule has 0 bridgehead atoms. The molecule has 0 spiro atoms. The maximum Gasteiger partial charge on any atom is 0.120 e. The largest absolute Gasteiger partial charge is 0.488 e. The van der Waals surface area contributed by atoms with Gasteiger partial charge in [0.15, 0.2) is 0 Å². The van der Waals surface area contributed by atoms with Crippen molar-refractivity contribution in [2.75, 3.05) is 0 Å². The Labute approximate surface area is 124 Å². The zero-order valence-electron chi connectivity index (χ0n) is 14.0. The molecule has 1 aromatic carbocycles. The summed E-state index contributed by atoms with van der Waals surface area (Å²) < 4.78 is 12.2. The van der Waals surface area contributed by atoms with E-state index in [0.29, 0.717) is 0 Å². The molecular formula is C18H30O2. The predicted molar refractivity (Wildman–Crippen MR) is 85.7 cm³/mol. The SMILES string of the molecule is CCC(C)(CC)Oc1ccc(OC(C)(CC)CC)cc1. The molecule has 114 valence electrons. The highest BCUT2D eigenvalue weighted by Crippen LogP contribution is 2.28. The fourth-order valence-corrected chi connectivity index (χ4v) is 1.93. The summed E-state index contributed by atoms with van der Waals surface area (Å²) in [6.45, 7) is 13.0. The fourth-order valence-electron chi connectivity index (χ4n) is 1.93. The number of hydrogen-bond acceptors (Lipinski definition) is 2. The molecule has 0 fully saturated rings. The highest BCUT2D eigenvalue weighted by Gasteiger charge is 2.23. The molecule has 2 nitrogen and oxygen atoms in total. The molecule has 2 heteroatoms. The van der Waals surface area contributed by atoms with Crippen LogP contribution in [0.2, 0.25) is 0 Å². The van der Waals surface area contributed by atoms with Crippen LogP contribution in [0, 0.1) is 0 Å². The van der Waals surface area contributed by atoms with Gasteiger partial charge < -0.3 is 9.47 Å². The summed E-state index contributed by atoms with van der Waals surface area (Å²) in [4.78, 5) is 0. The molecule has 0 unspecified atom stereocenters. The van der Waals surface area contributed by atoms with Crippen molar-refractivity contribution in [1.29, 1.82) is 0 Å². The minimum atomic E-state index is -0.0796. The summed E-state index contributed by atoms with van der Waals surface area (Å²) in [6, 6.07) is 8.02. The first-order valence-electron chi connectivity index (χ1n) is 7.88. The van der Waals surface area contributed by atoms with Crippen LogP contribution in [0.4, 0.5) is 0 Å². The standard InChI is InChI=1S/C18H30O2/c1-7-17(5,8-2)19-15-11-13-16(14-12-15)20-18(6,9-3)10-4/h11-14H,7-10H2,1-6H3. The average molecular weight is 278 g/mol. The maximum absolute atomic E-state index is 6.08. The highest BCUT2D eigenvalue weighted by molar-refractivity contribution is 5.32. The Bertz CT molecular complexity index is 347. The zero-order chi connectivity index (χ0) is 15.2. The first-order valence-corrected chi connectivity index (χ1v) is 7.88. The average Bonchev–Trinajstić information content (AvgIpc) is 2.49. The normalized spacial score (nSPS) is 12.3. The molecule has 0 amide bonds. The van der Waals surface area contributed by atoms with Crippen LogP contribution in [0.5, 0.6) is 11.5 Å². The van der Waals surface area contributed by atoms with Crippen LogP contribution in [0.25, 0.3) is 0 Å². The van der Waals surface area contributed by atoms with E-state index in [9.17, 15) is 0 Å². The van der Waals surface area contributed by atoms with Gasteiger partial charge in [-0.2, -0.15) is 0 Å². The summed E-state index contributed by atoms with van der Waals surface area (Å²) >= 11 is 0. The maximum atomic E-state index is 6.08. The van der Waals surface area contributed by atoms with Gasteiger partial charge >= 0.3 is 0 Å². The van der Waals surface area contributed by atoms with Crippen molar-refractivity contribution in [3.05, 3.63) is 24.3 Å². The number of ether oxygens (including phenoxy) is 2. The van der Waals surface area contributed by atoms with Crippen LogP contribution in [-0.2, 0) is 0 Å². The van der Waals surface area contributed by atoms with Crippen molar-refractivity contribution >= 4 is 0 Å². The molecule has 0 radical (unpaired) electrons. The van der Waals surface area contributed by atoms with Crippen LogP contribution >= 0.6 is 0 Å². The van der Waals surface area contributed by atoms with Crippen molar-refractivity contribution in [1.82, 2.24) is 0 Å². The molecular weight excluding hydrogens is 248 g/mol. The summed E-state index contributed by atoms with van der Waals surface area (Å²) in [7, 11) is 0. The summed E-state index contributed by atoms with van der Waals surface area (Å²) in [5, 5.41) is 0. The lowest BCUT2D eigenvalue weighted by atomic mass is 10.00. The van der Waals surface area contributed by atoms with Gasteiger partial charge in [-0.1, -0.05) is 27.7 Å². The van der Waals surface area contributed by atoms with E-state index in [-0.39, 0.29) is 11.2 Å². The van der Waals surface area contributed by atoms with Crippen molar-refractivity contribution < 1.29 is 9.47 Å². The van der Waals surface area contributed by atoms with Gasteiger partial charge in [-0.3, -0.25) is 0 Å². The van der Waals surface area contributed by atoms with Gasteiger partial charge in [-0.05, 0) is 63.8 Å². The second kappa shape index (κ2) is 7.01.